The quantitative estimate of drug-likeness (QED) is 0.821. The van der Waals surface area contributed by atoms with Crippen molar-refractivity contribution in [2.75, 3.05) is 26.7 Å². The fourth-order valence-corrected chi connectivity index (χ4v) is 4.73. The number of rotatable bonds is 4. The Morgan fingerprint density at radius 1 is 1.36 bits per heavy atom. The molecule has 0 bridgehead atoms. The number of amides is 1. The number of hydrogen-bond donors (Lipinski definition) is 0. The largest absolute Gasteiger partial charge is 0.355 e. The molecule has 0 spiro atoms. The van der Waals surface area contributed by atoms with Crippen LogP contribution >= 0.6 is 0 Å². The van der Waals surface area contributed by atoms with Gasteiger partial charge in [0.25, 0.3) is 10.0 Å². The van der Waals surface area contributed by atoms with E-state index in [9.17, 15) is 13.2 Å². The van der Waals surface area contributed by atoms with E-state index in [1.54, 1.807) is 23.1 Å². The van der Waals surface area contributed by atoms with Crippen molar-refractivity contribution in [3.63, 3.8) is 0 Å². The topological polar surface area (TPSA) is 70.1 Å². The van der Waals surface area contributed by atoms with Crippen LogP contribution in [0.5, 0.6) is 0 Å². The second-order valence-corrected chi connectivity index (χ2v) is 8.36. The van der Waals surface area contributed by atoms with E-state index in [2.05, 4.69) is 11.3 Å². The summed E-state index contributed by atoms with van der Waals surface area (Å²) in [5, 5.41) is 0. The third kappa shape index (κ3) is 3.56. The lowest BCUT2D eigenvalue weighted by molar-refractivity contribution is -0.135. The number of fused-ring (bicyclic) bond motifs is 1. The number of unbranched alkanes of at least 4 members (excludes halogenated alkanes) is 1. The summed E-state index contributed by atoms with van der Waals surface area (Å²) >= 11 is 0. The summed E-state index contributed by atoms with van der Waals surface area (Å²) in [5.41, 5.74) is 0.648. The first-order chi connectivity index (χ1) is 11.9. The van der Waals surface area contributed by atoms with Crippen LogP contribution in [0.4, 0.5) is 0 Å². The molecule has 0 saturated carbocycles. The summed E-state index contributed by atoms with van der Waals surface area (Å²) in [4.78, 5) is 16.7. The third-order valence-electron chi connectivity index (χ3n) is 4.91. The van der Waals surface area contributed by atoms with Gasteiger partial charge in [0, 0.05) is 32.2 Å². The molecule has 6 nitrogen and oxygen atoms in total. The van der Waals surface area contributed by atoms with Gasteiger partial charge >= 0.3 is 0 Å². The highest BCUT2D eigenvalue weighted by Crippen LogP contribution is 2.30. The molecule has 1 amide bonds. The molecule has 2 aliphatic rings. The molecule has 1 saturated heterocycles. The molecule has 0 aromatic heterocycles. The fraction of sp³-hybridized carbons (Fsp3) is 0.556. The van der Waals surface area contributed by atoms with E-state index in [4.69, 9.17) is 0 Å². The maximum absolute atomic E-state index is 12.7. The minimum absolute atomic E-state index is 0.103. The SMILES string of the molecule is CCCCN(C)C(=O)C1CCCN(C2=NS(=O)(=O)c3ccccc32)C1. The Morgan fingerprint density at radius 2 is 2.12 bits per heavy atom. The summed E-state index contributed by atoms with van der Waals surface area (Å²) in [5.74, 6) is 0.533. The molecule has 2 aliphatic heterocycles. The predicted molar refractivity (Wildman–Crippen MR) is 97.0 cm³/mol. The number of likely N-dealkylation sites (tertiary alicyclic amines) is 1. The first kappa shape index (κ1) is 17.9. The maximum Gasteiger partial charge on any atom is 0.285 e. The van der Waals surface area contributed by atoms with E-state index >= 15 is 0 Å². The van der Waals surface area contributed by atoms with E-state index in [1.165, 1.54) is 0 Å². The molecule has 1 aromatic rings. The Balaban J connectivity index is 1.78. The Morgan fingerprint density at radius 3 is 2.88 bits per heavy atom. The number of nitrogens with zero attached hydrogens (tertiary/aromatic N) is 3. The molecule has 136 valence electrons. The maximum atomic E-state index is 12.7. The summed E-state index contributed by atoms with van der Waals surface area (Å²) < 4.78 is 28.5. The van der Waals surface area contributed by atoms with Gasteiger partial charge in [0.05, 0.1) is 5.92 Å². The number of carbonyl (C=O) groups excluding carboxylic acids is 1. The molecule has 2 heterocycles. The van der Waals surface area contributed by atoms with Crippen LogP contribution in [-0.2, 0) is 14.8 Å². The van der Waals surface area contributed by atoms with Gasteiger partial charge in [-0.25, -0.2) is 0 Å². The van der Waals surface area contributed by atoms with Crippen molar-refractivity contribution < 1.29 is 13.2 Å². The minimum Gasteiger partial charge on any atom is -0.355 e. The highest BCUT2D eigenvalue weighted by molar-refractivity contribution is 7.90. The van der Waals surface area contributed by atoms with Crippen LogP contribution in [0, 0.1) is 5.92 Å². The van der Waals surface area contributed by atoms with Gasteiger partial charge < -0.3 is 9.80 Å². The Kier molecular flexibility index (Phi) is 5.13. The second-order valence-electron chi connectivity index (χ2n) is 6.78. The summed E-state index contributed by atoms with van der Waals surface area (Å²) in [6.07, 6.45) is 3.75. The van der Waals surface area contributed by atoms with Crippen LogP contribution in [-0.4, -0.2) is 56.6 Å². The highest BCUT2D eigenvalue weighted by atomic mass is 32.2. The van der Waals surface area contributed by atoms with Gasteiger partial charge in [-0.2, -0.15) is 8.42 Å². The van der Waals surface area contributed by atoms with Gasteiger partial charge in [0.2, 0.25) is 5.91 Å². The minimum atomic E-state index is -3.62. The van der Waals surface area contributed by atoms with Gasteiger partial charge in [-0.1, -0.05) is 25.5 Å². The molecular formula is C18H25N3O3S. The molecule has 1 fully saturated rings. The first-order valence-corrected chi connectivity index (χ1v) is 10.3. The van der Waals surface area contributed by atoms with E-state index < -0.39 is 10.0 Å². The van der Waals surface area contributed by atoms with Crippen molar-refractivity contribution in [1.82, 2.24) is 9.80 Å². The molecule has 0 N–H and O–H groups in total. The highest BCUT2D eigenvalue weighted by Gasteiger charge is 2.35. The summed E-state index contributed by atoms with van der Waals surface area (Å²) in [6.45, 7) is 4.13. The Labute approximate surface area is 149 Å². The third-order valence-corrected chi connectivity index (χ3v) is 6.23. The Bertz CT molecular complexity index is 789. The van der Waals surface area contributed by atoms with Crippen molar-refractivity contribution in [1.29, 1.82) is 0 Å². The standard InChI is InChI=1S/C18H25N3O3S/c1-3-4-11-20(2)18(22)14-8-7-12-21(13-14)17-15-9-5-6-10-16(15)25(23,24)19-17/h5-6,9-10,14H,3-4,7-8,11-13H2,1-2H3. The normalized spacial score (nSPS) is 21.6. The van der Waals surface area contributed by atoms with Crippen molar-refractivity contribution in [2.24, 2.45) is 10.3 Å². The van der Waals surface area contributed by atoms with Crippen molar-refractivity contribution in [3.05, 3.63) is 29.8 Å². The van der Waals surface area contributed by atoms with Crippen LogP contribution in [0.2, 0.25) is 0 Å². The first-order valence-electron chi connectivity index (χ1n) is 8.88. The fourth-order valence-electron chi connectivity index (χ4n) is 3.50. The number of sulfonamides is 1. The van der Waals surface area contributed by atoms with Crippen molar-refractivity contribution >= 4 is 21.8 Å². The van der Waals surface area contributed by atoms with Gasteiger partial charge in [-0.3, -0.25) is 4.79 Å². The monoisotopic (exact) mass is 363 g/mol. The molecule has 1 aromatic carbocycles. The van der Waals surface area contributed by atoms with Gasteiger partial charge in [0.1, 0.15) is 4.90 Å². The van der Waals surface area contributed by atoms with Crippen LogP contribution < -0.4 is 0 Å². The van der Waals surface area contributed by atoms with E-state index in [-0.39, 0.29) is 16.7 Å². The predicted octanol–water partition coefficient (Wildman–Crippen LogP) is 2.11. The second kappa shape index (κ2) is 7.15. The molecule has 1 atom stereocenters. The zero-order chi connectivity index (χ0) is 18.0. The number of piperidine rings is 1. The summed E-state index contributed by atoms with van der Waals surface area (Å²) in [7, 11) is -1.77. The average Bonchev–Trinajstić information content (AvgIpc) is 2.91. The smallest absolute Gasteiger partial charge is 0.285 e. The zero-order valence-electron chi connectivity index (χ0n) is 14.8. The van der Waals surface area contributed by atoms with Gasteiger partial charge in [-0.15, -0.1) is 4.40 Å². The molecule has 0 aliphatic carbocycles. The van der Waals surface area contributed by atoms with Crippen molar-refractivity contribution in [3.8, 4) is 0 Å². The van der Waals surface area contributed by atoms with Gasteiger partial charge in [0.15, 0.2) is 5.84 Å². The summed E-state index contributed by atoms with van der Waals surface area (Å²) in [6, 6.07) is 6.91. The lowest BCUT2D eigenvalue weighted by Crippen LogP contribution is -2.46. The van der Waals surface area contributed by atoms with E-state index in [1.807, 2.05) is 18.0 Å². The van der Waals surface area contributed by atoms with Crippen LogP contribution in [0.15, 0.2) is 33.6 Å². The molecule has 3 rings (SSSR count). The number of carbonyl (C=O) groups is 1. The number of amidine groups is 1. The lowest BCUT2D eigenvalue weighted by Gasteiger charge is -2.35. The zero-order valence-corrected chi connectivity index (χ0v) is 15.6. The number of benzene rings is 1. The van der Waals surface area contributed by atoms with Crippen LogP contribution in [0.3, 0.4) is 0 Å². The average molecular weight is 363 g/mol. The molecule has 7 heteroatoms. The van der Waals surface area contributed by atoms with Crippen LogP contribution in [0.1, 0.15) is 38.2 Å². The molecule has 0 radical (unpaired) electrons. The van der Waals surface area contributed by atoms with Crippen LogP contribution in [0.25, 0.3) is 0 Å². The Hall–Kier alpha value is -1.89. The van der Waals surface area contributed by atoms with E-state index in [0.717, 1.165) is 38.8 Å². The molecule has 25 heavy (non-hydrogen) atoms. The van der Waals surface area contributed by atoms with E-state index in [0.29, 0.717) is 17.9 Å². The lowest BCUT2D eigenvalue weighted by atomic mass is 9.95. The number of hydrogen-bond acceptors (Lipinski definition) is 4. The van der Waals surface area contributed by atoms with Crippen molar-refractivity contribution in [2.45, 2.75) is 37.5 Å². The van der Waals surface area contributed by atoms with Gasteiger partial charge in [-0.05, 0) is 31.4 Å². The molecular weight excluding hydrogens is 338 g/mol. The molecule has 1 unspecified atom stereocenters.